The first-order valence-corrected chi connectivity index (χ1v) is 7.43. The fourth-order valence-electron chi connectivity index (χ4n) is 1.57. The van der Waals surface area contributed by atoms with Crippen LogP contribution in [-0.4, -0.2) is 15.9 Å². The van der Waals surface area contributed by atoms with Crippen molar-refractivity contribution in [3.8, 4) is 0 Å². The lowest BCUT2D eigenvalue weighted by molar-refractivity contribution is -0.384. The van der Waals surface area contributed by atoms with E-state index in [1.807, 2.05) is 0 Å². The van der Waals surface area contributed by atoms with E-state index in [1.165, 1.54) is 36.6 Å². The van der Waals surface area contributed by atoms with Crippen LogP contribution in [0.1, 0.15) is 5.76 Å². The fraction of sp³-hybridized carbons (Fsp3) is 0. The Morgan fingerprint density at radius 3 is 2.78 bits per heavy atom. The maximum Gasteiger partial charge on any atom is 0.270 e. The lowest BCUT2D eigenvalue weighted by atomic mass is 10.3. The van der Waals surface area contributed by atoms with Gasteiger partial charge in [-0.3, -0.25) is 20.2 Å². The number of non-ortho nitro benzene ring substituents is 1. The van der Waals surface area contributed by atoms with Crippen LogP contribution in [0.15, 0.2) is 51.6 Å². The lowest BCUT2D eigenvalue weighted by Gasteiger charge is -2.09. The number of hydrogen-bond acceptors (Lipinski definition) is 5. The minimum absolute atomic E-state index is 0.0567. The Bertz CT molecular complexity index is 774. The molecule has 2 aromatic rings. The molecule has 0 aliphatic carbocycles. The summed E-state index contributed by atoms with van der Waals surface area (Å²) >= 11 is 8.22. The summed E-state index contributed by atoms with van der Waals surface area (Å²) < 4.78 is 5.51. The number of hydrogen-bond donors (Lipinski definition) is 2. The van der Waals surface area contributed by atoms with Crippen molar-refractivity contribution in [2.75, 3.05) is 5.32 Å². The van der Waals surface area contributed by atoms with Gasteiger partial charge in [-0.15, -0.1) is 0 Å². The van der Waals surface area contributed by atoms with Crippen molar-refractivity contribution in [2.24, 2.45) is 0 Å². The highest BCUT2D eigenvalue weighted by Gasteiger charge is 2.10. The maximum absolute atomic E-state index is 11.7. The van der Waals surface area contributed by atoms with Gasteiger partial charge in [-0.2, -0.15) is 0 Å². The van der Waals surface area contributed by atoms with E-state index >= 15 is 0 Å². The minimum atomic E-state index is -0.506. The van der Waals surface area contributed by atoms with E-state index in [9.17, 15) is 14.9 Å². The Balaban J connectivity index is 1.94. The molecule has 0 unspecified atom stereocenters. The summed E-state index contributed by atoms with van der Waals surface area (Å²) in [5.41, 5.74) is 0.440. The second-order valence-electron chi connectivity index (χ2n) is 4.21. The van der Waals surface area contributed by atoms with Crippen molar-refractivity contribution in [1.29, 1.82) is 0 Å². The molecule has 1 amide bonds. The molecule has 7 nitrogen and oxygen atoms in total. The van der Waals surface area contributed by atoms with Crippen molar-refractivity contribution in [2.45, 2.75) is 0 Å². The molecule has 9 heteroatoms. The first kappa shape index (κ1) is 16.8. The molecule has 0 saturated heterocycles. The Hall–Kier alpha value is -2.52. The molecular formula is C14H10BrN3O4S. The molecule has 0 aliphatic rings. The minimum Gasteiger partial charge on any atom is -0.465 e. The molecular weight excluding hydrogens is 386 g/mol. The molecule has 1 aromatic heterocycles. The highest BCUT2D eigenvalue weighted by Crippen LogP contribution is 2.26. The average molecular weight is 396 g/mol. The van der Waals surface area contributed by atoms with Gasteiger partial charge in [0.05, 0.1) is 16.9 Å². The zero-order chi connectivity index (χ0) is 16.8. The quantitative estimate of drug-likeness (QED) is 0.356. The third-order valence-corrected chi connectivity index (χ3v) is 3.45. The summed E-state index contributed by atoms with van der Waals surface area (Å²) in [4.78, 5) is 21.9. The average Bonchev–Trinajstić information content (AvgIpc) is 3.00. The van der Waals surface area contributed by atoms with Crippen LogP contribution >= 0.6 is 28.1 Å². The van der Waals surface area contributed by atoms with Gasteiger partial charge in [-0.1, -0.05) is 0 Å². The van der Waals surface area contributed by atoms with E-state index in [4.69, 9.17) is 16.6 Å². The number of carbonyl (C=O) groups excluding carboxylic acids is 1. The van der Waals surface area contributed by atoms with Gasteiger partial charge in [0.25, 0.3) is 5.69 Å². The zero-order valence-electron chi connectivity index (χ0n) is 11.5. The van der Waals surface area contributed by atoms with E-state index in [-0.39, 0.29) is 10.8 Å². The smallest absolute Gasteiger partial charge is 0.270 e. The van der Waals surface area contributed by atoms with Crippen LogP contribution in [-0.2, 0) is 4.79 Å². The van der Waals surface area contributed by atoms with Crippen LogP contribution in [0.2, 0.25) is 0 Å². The second-order valence-corrected chi connectivity index (χ2v) is 5.48. The van der Waals surface area contributed by atoms with Crippen LogP contribution in [0.3, 0.4) is 0 Å². The molecule has 0 radical (unpaired) electrons. The monoisotopic (exact) mass is 395 g/mol. The summed E-state index contributed by atoms with van der Waals surface area (Å²) in [5.74, 6) is 0.106. The van der Waals surface area contributed by atoms with Gasteiger partial charge in [0, 0.05) is 22.7 Å². The normalized spacial score (nSPS) is 10.5. The number of halogens is 1. The SMILES string of the molecule is O=C(/C=C\c1ccco1)NC(=S)Nc1ccc([N+](=O)[O-])cc1Br. The standard InChI is InChI=1S/C14H10BrN3O4S/c15-11-8-9(18(20)21)3-5-12(11)16-14(23)17-13(19)6-4-10-2-1-7-22-10/h1-8H,(H2,16,17,19,23)/b6-4-. The second kappa shape index (κ2) is 7.65. The van der Waals surface area contributed by atoms with E-state index in [1.54, 1.807) is 12.1 Å². The predicted octanol–water partition coefficient (Wildman–Crippen LogP) is 3.48. The number of nitro benzene ring substituents is 1. The summed E-state index contributed by atoms with van der Waals surface area (Å²) in [6.45, 7) is 0. The van der Waals surface area contributed by atoms with Gasteiger partial charge in [-0.05, 0) is 52.4 Å². The number of nitrogens with one attached hydrogen (secondary N) is 2. The summed E-state index contributed by atoms with van der Waals surface area (Å²) in [7, 11) is 0. The number of furan rings is 1. The highest BCUT2D eigenvalue weighted by atomic mass is 79.9. The molecule has 0 atom stereocenters. The predicted molar refractivity (Wildman–Crippen MR) is 92.9 cm³/mol. The summed E-state index contributed by atoms with van der Waals surface area (Å²) in [6, 6.07) is 7.56. The molecule has 23 heavy (non-hydrogen) atoms. The van der Waals surface area contributed by atoms with Crippen molar-refractivity contribution < 1.29 is 14.1 Å². The number of nitrogens with zero attached hydrogens (tertiary/aromatic N) is 1. The van der Waals surface area contributed by atoms with Crippen LogP contribution in [0, 0.1) is 10.1 Å². The van der Waals surface area contributed by atoms with E-state index in [0.717, 1.165) is 0 Å². The zero-order valence-corrected chi connectivity index (χ0v) is 13.9. The van der Waals surface area contributed by atoms with Crippen molar-refractivity contribution >= 4 is 56.6 Å². The number of nitro groups is 1. The number of thiocarbonyl (C=S) groups is 1. The van der Waals surface area contributed by atoms with Crippen molar-refractivity contribution in [3.05, 3.63) is 63.0 Å². The van der Waals surface area contributed by atoms with Crippen molar-refractivity contribution in [1.82, 2.24) is 5.32 Å². The van der Waals surface area contributed by atoms with E-state index in [0.29, 0.717) is 15.9 Å². The Morgan fingerprint density at radius 2 is 2.17 bits per heavy atom. The topological polar surface area (TPSA) is 97.4 Å². The highest BCUT2D eigenvalue weighted by molar-refractivity contribution is 9.10. The largest absolute Gasteiger partial charge is 0.465 e. The molecule has 0 bridgehead atoms. The van der Waals surface area contributed by atoms with Gasteiger partial charge in [0.1, 0.15) is 5.76 Å². The number of anilines is 1. The number of carbonyl (C=O) groups is 1. The Morgan fingerprint density at radius 1 is 1.39 bits per heavy atom. The van der Waals surface area contributed by atoms with E-state index in [2.05, 4.69) is 26.6 Å². The number of benzene rings is 1. The maximum atomic E-state index is 11.7. The van der Waals surface area contributed by atoms with Crippen molar-refractivity contribution in [3.63, 3.8) is 0 Å². The molecule has 118 valence electrons. The molecule has 0 spiro atoms. The van der Waals surface area contributed by atoms with Gasteiger partial charge in [0.2, 0.25) is 5.91 Å². The molecule has 2 N–H and O–H groups in total. The fourth-order valence-corrected chi connectivity index (χ4v) is 2.25. The lowest BCUT2D eigenvalue weighted by Crippen LogP contribution is -2.32. The van der Waals surface area contributed by atoms with Crippen LogP contribution in [0.4, 0.5) is 11.4 Å². The van der Waals surface area contributed by atoms with Crippen LogP contribution in [0.25, 0.3) is 6.08 Å². The summed E-state index contributed by atoms with van der Waals surface area (Å²) in [5, 5.41) is 16.0. The van der Waals surface area contributed by atoms with E-state index < -0.39 is 10.8 Å². The van der Waals surface area contributed by atoms with Gasteiger partial charge in [0.15, 0.2) is 5.11 Å². The Labute approximate surface area is 144 Å². The molecule has 1 heterocycles. The van der Waals surface area contributed by atoms with Crippen LogP contribution < -0.4 is 10.6 Å². The summed E-state index contributed by atoms with van der Waals surface area (Å²) in [6.07, 6.45) is 4.27. The first-order chi connectivity index (χ1) is 11.0. The molecule has 0 saturated carbocycles. The van der Waals surface area contributed by atoms with Gasteiger partial charge >= 0.3 is 0 Å². The third kappa shape index (κ3) is 5.01. The Kier molecular flexibility index (Phi) is 5.61. The first-order valence-electron chi connectivity index (χ1n) is 6.23. The molecule has 0 aliphatic heterocycles. The number of rotatable bonds is 4. The van der Waals surface area contributed by atoms with Crippen LogP contribution in [0.5, 0.6) is 0 Å². The number of amides is 1. The van der Waals surface area contributed by atoms with Gasteiger partial charge in [-0.25, -0.2) is 0 Å². The molecule has 2 rings (SSSR count). The molecule has 0 fully saturated rings. The third-order valence-electron chi connectivity index (χ3n) is 2.59. The molecule has 1 aromatic carbocycles. The van der Waals surface area contributed by atoms with Gasteiger partial charge < -0.3 is 9.73 Å².